The van der Waals surface area contributed by atoms with E-state index in [2.05, 4.69) is 10.0 Å². The van der Waals surface area contributed by atoms with Crippen molar-refractivity contribution >= 4 is 21.6 Å². The average molecular weight is 425 g/mol. The van der Waals surface area contributed by atoms with Crippen molar-refractivity contribution in [3.05, 3.63) is 89.0 Å². The summed E-state index contributed by atoms with van der Waals surface area (Å²) in [6.07, 6.45) is 0. The lowest BCUT2D eigenvalue weighted by Gasteiger charge is -2.14. The minimum absolute atomic E-state index is 0.0884. The zero-order valence-corrected chi connectivity index (χ0v) is 17.9. The normalized spacial score (nSPS) is 11.2. The fraction of sp³-hybridized carbons (Fsp3) is 0.174. The summed E-state index contributed by atoms with van der Waals surface area (Å²) in [5, 5.41) is 2.85. The zero-order valence-electron chi connectivity index (χ0n) is 17.1. The summed E-state index contributed by atoms with van der Waals surface area (Å²) in [5.41, 5.74) is 3.73. The van der Waals surface area contributed by atoms with Gasteiger partial charge >= 0.3 is 0 Å². The Morgan fingerprint density at radius 1 is 0.967 bits per heavy atom. The molecule has 0 atom stereocenters. The minimum Gasteiger partial charge on any atom is -0.495 e. The van der Waals surface area contributed by atoms with Crippen LogP contribution < -0.4 is 14.8 Å². The first-order valence-corrected chi connectivity index (χ1v) is 10.9. The largest absolute Gasteiger partial charge is 0.495 e. The van der Waals surface area contributed by atoms with Crippen molar-refractivity contribution in [3.8, 4) is 5.75 Å². The topological polar surface area (TPSA) is 84.5 Å². The molecule has 3 aromatic carbocycles. The Balaban J connectivity index is 1.87. The number of ether oxygens (including phenoxy) is 1. The molecule has 0 spiro atoms. The maximum absolute atomic E-state index is 12.9. The van der Waals surface area contributed by atoms with Crippen LogP contribution in [0.25, 0.3) is 0 Å². The lowest BCUT2D eigenvalue weighted by Crippen LogP contribution is -2.24. The van der Waals surface area contributed by atoms with Crippen LogP contribution in [0.3, 0.4) is 0 Å². The molecule has 0 aliphatic carbocycles. The van der Waals surface area contributed by atoms with Gasteiger partial charge in [0.25, 0.3) is 5.91 Å². The first-order chi connectivity index (χ1) is 14.3. The van der Waals surface area contributed by atoms with E-state index in [0.29, 0.717) is 5.69 Å². The van der Waals surface area contributed by atoms with Crippen LogP contribution in [-0.2, 0) is 16.6 Å². The smallest absolute Gasteiger partial charge is 0.255 e. The van der Waals surface area contributed by atoms with Crippen molar-refractivity contribution < 1.29 is 17.9 Å². The first-order valence-electron chi connectivity index (χ1n) is 9.41. The molecule has 0 fully saturated rings. The predicted octanol–water partition coefficient (Wildman–Crippen LogP) is 4.04. The van der Waals surface area contributed by atoms with Crippen LogP contribution in [0.1, 0.15) is 27.0 Å². The van der Waals surface area contributed by atoms with E-state index in [-0.39, 0.29) is 22.8 Å². The quantitative estimate of drug-likeness (QED) is 0.599. The van der Waals surface area contributed by atoms with E-state index in [1.54, 1.807) is 0 Å². The molecule has 7 heteroatoms. The number of nitrogens with one attached hydrogen (secondary N) is 2. The Morgan fingerprint density at radius 2 is 1.70 bits per heavy atom. The molecule has 0 saturated heterocycles. The van der Waals surface area contributed by atoms with E-state index in [1.165, 1.54) is 25.3 Å². The van der Waals surface area contributed by atoms with E-state index in [9.17, 15) is 13.2 Å². The van der Waals surface area contributed by atoms with E-state index in [4.69, 9.17) is 4.74 Å². The molecular formula is C23H24N2O4S. The monoisotopic (exact) mass is 424 g/mol. The van der Waals surface area contributed by atoms with Crippen LogP contribution in [0.5, 0.6) is 5.75 Å². The van der Waals surface area contributed by atoms with Crippen LogP contribution in [0.15, 0.2) is 71.6 Å². The zero-order chi connectivity index (χ0) is 21.7. The van der Waals surface area contributed by atoms with Gasteiger partial charge < -0.3 is 10.1 Å². The van der Waals surface area contributed by atoms with Crippen LogP contribution in [0, 0.1) is 13.8 Å². The molecule has 0 saturated carbocycles. The van der Waals surface area contributed by atoms with E-state index in [0.717, 1.165) is 16.7 Å². The standard InChI is InChI=1S/C23H24N2O4S/c1-16-8-7-11-20(17(16)2)25-23(26)19-12-13-21(29-3)22(14-19)30(27,28)24-15-18-9-5-4-6-10-18/h4-14,24H,15H2,1-3H3,(H,25,26). The average Bonchev–Trinajstić information content (AvgIpc) is 2.76. The molecular weight excluding hydrogens is 400 g/mol. The Morgan fingerprint density at radius 3 is 2.40 bits per heavy atom. The number of hydrogen-bond donors (Lipinski definition) is 2. The van der Waals surface area contributed by atoms with Gasteiger partial charge in [0.2, 0.25) is 10.0 Å². The maximum Gasteiger partial charge on any atom is 0.255 e. The molecule has 6 nitrogen and oxygen atoms in total. The number of rotatable bonds is 7. The summed E-state index contributed by atoms with van der Waals surface area (Å²) in [7, 11) is -2.51. The van der Waals surface area contributed by atoms with Gasteiger partial charge in [0, 0.05) is 17.8 Å². The van der Waals surface area contributed by atoms with Crippen molar-refractivity contribution in [2.24, 2.45) is 0 Å². The highest BCUT2D eigenvalue weighted by atomic mass is 32.2. The predicted molar refractivity (Wildman–Crippen MR) is 117 cm³/mol. The van der Waals surface area contributed by atoms with E-state index in [1.807, 2.05) is 62.4 Å². The molecule has 0 bridgehead atoms. The summed E-state index contributed by atoms with van der Waals surface area (Å²) in [5.74, 6) is -0.232. The molecule has 0 unspecified atom stereocenters. The summed E-state index contributed by atoms with van der Waals surface area (Å²) in [6, 6.07) is 19.2. The first kappa shape index (κ1) is 21.5. The van der Waals surface area contributed by atoms with Crippen LogP contribution in [-0.4, -0.2) is 21.4 Å². The second kappa shape index (κ2) is 9.11. The van der Waals surface area contributed by atoms with Gasteiger partial charge in [-0.1, -0.05) is 42.5 Å². The number of methoxy groups -OCH3 is 1. The van der Waals surface area contributed by atoms with Crippen LogP contribution >= 0.6 is 0 Å². The molecule has 0 aromatic heterocycles. The van der Waals surface area contributed by atoms with Crippen molar-refractivity contribution in [2.75, 3.05) is 12.4 Å². The maximum atomic E-state index is 12.9. The molecule has 3 aromatic rings. The molecule has 30 heavy (non-hydrogen) atoms. The van der Waals surface area contributed by atoms with Gasteiger partial charge in [0.15, 0.2) is 0 Å². The lowest BCUT2D eigenvalue weighted by atomic mass is 10.1. The number of aryl methyl sites for hydroxylation is 1. The Labute approximate surface area is 177 Å². The van der Waals surface area contributed by atoms with Gasteiger partial charge in [0.1, 0.15) is 10.6 Å². The molecule has 0 heterocycles. The fourth-order valence-electron chi connectivity index (χ4n) is 2.96. The number of carbonyl (C=O) groups is 1. The summed E-state index contributed by atoms with van der Waals surface area (Å²) >= 11 is 0. The molecule has 0 aliphatic rings. The summed E-state index contributed by atoms with van der Waals surface area (Å²) in [6.45, 7) is 4.01. The molecule has 156 valence electrons. The highest BCUT2D eigenvalue weighted by Gasteiger charge is 2.22. The van der Waals surface area contributed by atoms with E-state index >= 15 is 0 Å². The van der Waals surface area contributed by atoms with Crippen molar-refractivity contribution in [3.63, 3.8) is 0 Å². The van der Waals surface area contributed by atoms with Gasteiger partial charge in [-0.05, 0) is 54.8 Å². The van der Waals surface area contributed by atoms with Crippen molar-refractivity contribution in [1.82, 2.24) is 4.72 Å². The minimum atomic E-state index is -3.90. The molecule has 2 N–H and O–H groups in total. The number of amides is 1. The number of benzene rings is 3. The number of carbonyl (C=O) groups excluding carboxylic acids is 1. The van der Waals surface area contributed by atoms with Gasteiger partial charge in [-0.25, -0.2) is 13.1 Å². The second-order valence-electron chi connectivity index (χ2n) is 6.88. The molecule has 0 radical (unpaired) electrons. The number of sulfonamides is 1. The van der Waals surface area contributed by atoms with Crippen molar-refractivity contribution in [1.29, 1.82) is 0 Å². The Hall–Kier alpha value is -3.16. The van der Waals surface area contributed by atoms with Crippen LogP contribution in [0.4, 0.5) is 5.69 Å². The number of anilines is 1. The third-order valence-corrected chi connectivity index (χ3v) is 6.30. The summed E-state index contributed by atoms with van der Waals surface area (Å²) in [4.78, 5) is 12.7. The van der Waals surface area contributed by atoms with Crippen molar-refractivity contribution in [2.45, 2.75) is 25.3 Å². The SMILES string of the molecule is COc1ccc(C(=O)Nc2cccc(C)c2C)cc1S(=O)(=O)NCc1ccccc1. The highest BCUT2D eigenvalue weighted by Crippen LogP contribution is 2.26. The van der Waals surface area contributed by atoms with Gasteiger partial charge in [-0.15, -0.1) is 0 Å². The Kier molecular flexibility index (Phi) is 6.54. The van der Waals surface area contributed by atoms with E-state index < -0.39 is 15.9 Å². The molecule has 1 amide bonds. The third kappa shape index (κ3) is 4.87. The molecule has 3 rings (SSSR count). The van der Waals surface area contributed by atoms with Crippen LogP contribution in [0.2, 0.25) is 0 Å². The summed E-state index contributed by atoms with van der Waals surface area (Å²) < 4.78 is 33.6. The fourth-order valence-corrected chi connectivity index (χ4v) is 4.17. The second-order valence-corrected chi connectivity index (χ2v) is 8.61. The Bertz CT molecular complexity index is 1160. The lowest BCUT2D eigenvalue weighted by molar-refractivity contribution is 0.102. The molecule has 0 aliphatic heterocycles. The van der Waals surface area contributed by atoms with Gasteiger partial charge in [-0.3, -0.25) is 4.79 Å². The third-order valence-electron chi connectivity index (χ3n) is 4.88. The highest BCUT2D eigenvalue weighted by molar-refractivity contribution is 7.89. The van der Waals surface area contributed by atoms with Gasteiger partial charge in [0.05, 0.1) is 7.11 Å². The van der Waals surface area contributed by atoms with Gasteiger partial charge in [-0.2, -0.15) is 0 Å². The number of hydrogen-bond acceptors (Lipinski definition) is 4.